The number of Topliss-reactive ketones (excluding diaryl/α,β-unsaturated/α-hetero) is 2. The minimum Gasteiger partial charge on any atom is -0.392 e. The molecule has 0 saturated heterocycles. The van der Waals surface area contributed by atoms with Crippen molar-refractivity contribution in [3.63, 3.8) is 0 Å². The van der Waals surface area contributed by atoms with Crippen molar-refractivity contribution in [1.29, 1.82) is 0 Å². The maximum Gasteiger partial charge on any atom is 0.331 e. The van der Waals surface area contributed by atoms with Gasteiger partial charge in [0.2, 0.25) is 11.6 Å². The molecule has 8 heteroatoms. The highest BCUT2D eigenvalue weighted by Gasteiger charge is 2.40. The molecular formula is C30H36N2O6. The van der Waals surface area contributed by atoms with E-state index in [1.165, 1.54) is 14.0 Å². The molecule has 3 aromatic rings. The lowest BCUT2D eigenvalue weighted by atomic mass is 9.85. The first-order chi connectivity index (χ1) is 18.3. The number of oxime groups is 1. The van der Waals surface area contributed by atoms with Crippen molar-refractivity contribution < 1.29 is 29.1 Å². The second-order valence-electron chi connectivity index (χ2n) is 9.21. The quantitative estimate of drug-likeness (QED) is 0.0996. The number of hydrogen-bond donors (Lipinski definition) is 1. The van der Waals surface area contributed by atoms with Crippen molar-refractivity contribution in [2.45, 2.75) is 65.0 Å². The molecule has 8 nitrogen and oxygen atoms in total. The molecule has 0 radical (unpaired) electrons. The van der Waals surface area contributed by atoms with Crippen LogP contribution in [0.2, 0.25) is 0 Å². The average Bonchev–Trinajstić information content (AvgIpc) is 3.31. The highest BCUT2D eigenvalue weighted by atomic mass is 16.7. The number of rotatable bonds is 14. The first-order valence-corrected chi connectivity index (χ1v) is 13.0. The van der Waals surface area contributed by atoms with Crippen LogP contribution in [0.3, 0.4) is 0 Å². The van der Waals surface area contributed by atoms with Crippen LogP contribution in [-0.4, -0.2) is 46.6 Å². The van der Waals surface area contributed by atoms with E-state index in [0.717, 1.165) is 31.2 Å². The number of ketones is 2. The van der Waals surface area contributed by atoms with Gasteiger partial charge in [-0.2, -0.15) is 0 Å². The smallest absolute Gasteiger partial charge is 0.331 e. The number of ether oxygens (including phenoxy) is 1. The lowest BCUT2D eigenvalue weighted by Crippen LogP contribution is -2.41. The van der Waals surface area contributed by atoms with Crippen molar-refractivity contribution in [3.05, 3.63) is 71.4 Å². The van der Waals surface area contributed by atoms with E-state index in [-0.39, 0.29) is 11.5 Å². The van der Waals surface area contributed by atoms with Crippen LogP contribution in [0.25, 0.3) is 10.9 Å². The fraction of sp³-hybridized carbons (Fsp3) is 0.400. The number of carbonyl (C=O) groups is 3. The van der Waals surface area contributed by atoms with Crippen molar-refractivity contribution in [1.82, 2.24) is 4.57 Å². The van der Waals surface area contributed by atoms with Gasteiger partial charge in [0, 0.05) is 48.8 Å². The molecule has 202 valence electrons. The van der Waals surface area contributed by atoms with E-state index >= 15 is 0 Å². The Kier molecular flexibility index (Phi) is 10.1. The number of aliphatic hydroxyl groups is 1. The molecule has 0 saturated carbocycles. The van der Waals surface area contributed by atoms with E-state index in [1.807, 2.05) is 17.6 Å². The summed E-state index contributed by atoms with van der Waals surface area (Å²) in [6.45, 7) is 5.35. The molecule has 0 aliphatic carbocycles. The molecule has 0 spiro atoms. The monoisotopic (exact) mass is 520 g/mol. The third-order valence-electron chi connectivity index (χ3n) is 6.72. The van der Waals surface area contributed by atoms with Crippen LogP contribution in [0.5, 0.6) is 0 Å². The van der Waals surface area contributed by atoms with Crippen LogP contribution in [0.4, 0.5) is 0 Å². The number of aromatic nitrogens is 1. The van der Waals surface area contributed by atoms with Gasteiger partial charge in [-0.05, 0) is 43.5 Å². The van der Waals surface area contributed by atoms with Crippen LogP contribution >= 0.6 is 0 Å². The predicted octanol–water partition coefficient (Wildman–Crippen LogP) is 5.45. The third-order valence-corrected chi connectivity index (χ3v) is 6.72. The second kappa shape index (κ2) is 13.3. The molecule has 2 aromatic carbocycles. The van der Waals surface area contributed by atoms with E-state index in [4.69, 9.17) is 9.57 Å². The standard InChI is InChI=1S/C30H36N2O6/c1-5-7-8-12-15-26(31-38-21(3)34)28(35)25-19-32(6-2)27-17-16-22(18-24(25)27)29(36)30(20-33,37-4)23-13-10-9-11-14-23/h9-11,13-14,16-19,33H,5-8,12,15,20H2,1-4H3/b31-26+. The maximum atomic E-state index is 13.8. The maximum absolute atomic E-state index is 13.8. The summed E-state index contributed by atoms with van der Waals surface area (Å²) in [5.41, 5.74) is 0.533. The van der Waals surface area contributed by atoms with E-state index in [9.17, 15) is 19.5 Å². The third kappa shape index (κ3) is 6.09. The summed E-state index contributed by atoms with van der Waals surface area (Å²) in [5.74, 6) is -1.38. The van der Waals surface area contributed by atoms with E-state index in [0.29, 0.717) is 35.0 Å². The second-order valence-corrected chi connectivity index (χ2v) is 9.21. The number of nitrogens with zero attached hydrogens (tertiary/aromatic N) is 2. The Morgan fingerprint density at radius 2 is 1.76 bits per heavy atom. The van der Waals surface area contributed by atoms with Crippen molar-refractivity contribution in [2.24, 2.45) is 5.16 Å². The molecule has 1 unspecified atom stereocenters. The number of unbranched alkanes of at least 4 members (excludes halogenated alkanes) is 3. The lowest BCUT2D eigenvalue weighted by Gasteiger charge is -2.29. The molecule has 0 aliphatic rings. The number of fused-ring (bicyclic) bond motifs is 1. The van der Waals surface area contributed by atoms with Crippen LogP contribution in [-0.2, 0) is 26.5 Å². The Hall–Kier alpha value is -3.62. The van der Waals surface area contributed by atoms with Gasteiger partial charge < -0.3 is 19.2 Å². The molecule has 0 aliphatic heterocycles. The zero-order valence-corrected chi connectivity index (χ0v) is 22.5. The molecule has 1 N–H and O–H groups in total. The number of carbonyl (C=O) groups excluding carboxylic acids is 3. The Labute approximate surface area is 223 Å². The van der Waals surface area contributed by atoms with Crippen LogP contribution in [0.15, 0.2) is 59.9 Å². The molecule has 1 heterocycles. The van der Waals surface area contributed by atoms with Gasteiger partial charge in [0.25, 0.3) is 0 Å². The summed E-state index contributed by atoms with van der Waals surface area (Å²) in [4.78, 5) is 43.8. The fourth-order valence-corrected chi connectivity index (χ4v) is 4.59. The summed E-state index contributed by atoms with van der Waals surface area (Å²) in [6.07, 6.45) is 5.85. The first-order valence-electron chi connectivity index (χ1n) is 13.0. The van der Waals surface area contributed by atoms with Crippen molar-refractivity contribution >= 4 is 34.2 Å². The zero-order chi connectivity index (χ0) is 27.7. The minimum atomic E-state index is -1.59. The normalized spacial score (nSPS) is 13.3. The molecule has 0 fully saturated rings. The Morgan fingerprint density at radius 1 is 1.03 bits per heavy atom. The first kappa shape index (κ1) is 28.9. The molecular weight excluding hydrogens is 484 g/mol. The Bertz CT molecular complexity index is 1310. The van der Waals surface area contributed by atoms with E-state index in [2.05, 4.69) is 12.1 Å². The Morgan fingerprint density at radius 3 is 2.37 bits per heavy atom. The Balaban J connectivity index is 2.09. The summed E-state index contributed by atoms with van der Waals surface area (Å²) >= 11 is 0. The average molecular weight is 521 g/mol. The van der Waals surface area contributed by atoms with Gasteiger partial charge >= 0.3 is 5.97 Å². The van der Waals surface area contributed by atoms with E-state index in [1.54, 1.807) is 48.7 Å². The topological polar surface area (TPSA) is 107 Å². The van der Waals surface area contributed by atoms with Gasteiger partial charge in [0.05, 0.1) is 6.61 Å². The van der Waals surface area contributed by atoms with Gasteiger partial charge in [-0.3, -0.25) is 9.59 Å². The number of hydrogen-bond acceptors (Lipinski definition) is 7. The van der Waals surface area contributed by atoms with E-state index < -0.39 is 24.0 Å². The van der Waals surface area contributed by atoms with Gasteiger partial charge in [0.15, 0.2) is 5.60 Å². The highest BCUT2D eigenvalue weighted by molar-refractivity contribution is 6.47. The van der Waals surface area contributed by atoms with Crippen molar-refractivity contribution in [2.75, 3.05) is 13.7 Å². The van der Waals surface area contributed by atoms with Crippen LogP contribution in [0.1, 0.15) is 79.2 Å². The fourth-order valence-electron chi connectivity index (χ4n) is 4.59. The summed E-state index contributed by atoms with van der Waals surface area (Å²) in [7, 11) is 1.39. The zero-order valence-electron chi connectivity index (χ0n) is 22.5. The predicted molar refractivity (Wildman–Crippen MR) is 146 cm³/mol. The molecule has 1 aromatic heterocycles. The lowest BCUT2D eigenvalue weighted by molar-refractivity contribution is -0.140. The molecule has 0 bridgehead atoms. The minimum absolute atomic E-state index is 0.161. The molecule has 0 amide bonds. The van der Waals surface area contributed by atoms with Gasteiger partial charge in [-0.15, -0.1) is 0 Å². The largest absolute Gasteiger partial charge is 0.392 e. The molecule has 38 heavy (non-hydrogen) atoms. The molecule has 3 rings (SSSR count). The highest BCUT2D eigenvalue weighted by Crippen LogP contribution is 2.32. The van der Waals surface area contributed by atoms with Crippen LogP contribution < -0.4 is 0 Å². The summed E-state index contributed by atoms with van der Waals surface area (Å²) < 4.78 is 7.54. The van der Waals surface area contributed by atoms with Gasteiger partial charge in [0.1, 0.15) is 5.71 Å². The van der Waals surface area contributed by atoms with Gasteiger partial charge in [-0.25, -0.2) is 4.79 Å². The number of methoxy groups -OCH3 is 1. The number of benzene rings is 2. The van der Waals surface area contributed by atoms with Gasteiger partial charge in [-0.1, -0.05) is 61.7 Å². The summed E-state index contributed by atoms with van der Waals surface area (Å²) in [5, 5.41) is 14.8. The molecule has 1 atom stereocenters. The van der Waals surface area contributed by atoms with Crippen LogP contribution in [0, 0.1) is 0 Å². The van der Waals surface area contributed by atoms with Crippen molar-refractivity contribution in [3.8, 4) is 0 Å². The number of aliphatic hydroxyl groups excluding tert-OH is 1. The number of aryl methyl sites for hydroxylation is 1. The SMILES string of the molecule is CCCCCC/C(=N\OC(C)=O)C(=O)c1cn(CC)c2ccc(C(=O)C(CO)(OC)c3ccccc3)cc12. The summed E-state index contributed by atoms with van der Waals surface area (Å²) in [6, 6.07) is 14.0.